The number of hydrogen-bond acceptors (Lipinski definition) is 5. The first-order valence-corrected chi connectivity index (χ1v) is 15.6. The summed E-state index contributed by atoms with van der Waals surface area (Å²) >= 11 is 0. The quantitative estimate of drug-likeness (QED) is 0.287. The first-order chi connectivity index (χ1) is 20.0. The zero-order valence-corrected chi connectivity index (χ0v) is 26.3. The number of rotatable bonds is 14. The maximum absolute atomic E-state index is 14.1. The predicted octanol–water partition coefficient (Wildman–Crippen LogP) is 5.75. The van der Waals surface area contributed by atoms with E-state index in [9.17, 15) is 14.7 Å². The first kappa shape index (κ1) is 31.8. The van der Waals surface area contributed by atoms with Gasteiger partial charge in [0.1, 0.15) is 6.54 Å². The summed E-state index contributed by atoms with van der Waals surface area (Å²) in [5.74, 6) is 0.0458. The van der Waals surface area contributed by atoms with Gasteiger partial charge in [0, 0.05) is 36.3 Å². The zero-order chi connectivity index (χ0) is 30.4. The molecular weight excluding hydrogens is 530 g/mol. The van der Waals surface area contributed by atoms with Crippen molar-refractivity contribution in [2.75, 3.05) is 52.5 Å². The topological polar surface area (TPSA) is 79.3 Å². The molecule has 2 aromatic rings. The van der Waals surface area contributed by atoms with Crippen molar-refractivity contribution in [2.45, 2.75) is 71.4 Å². The second-order valence-electron chi connectivity index (χ2n) is 13.2. The number of carboxylic acid groups (broad SMARTS) is 1. The van der Waals surface area contributed by atoms with Crippen LogP contribution in [0.5, 0.6) is 11.5 Å². The van der Waals surface area contributed by atoms with Crippen LogP contribution in [0.3, 0.4) is 0 Å². The van der Waals surface area contributed by atoms with Crippen molar-refractivity contribution in [3.63, 3.8) is 0 Å². The molecule has 2 heterocycles. The summed E-state index contributed by atoms with van der Waals surface area (Å²) in [5, 5.41) is 10.6. The van der Waals surface area contributed by atoms with Gasteiger partial charge < -0.3 is 24.0 Å². The van der Waals surface area contributed by atoms with Crippen LogP contribution in [0, 0.1) is 11.8 Å². The molecule has 230 valence electrons. The number of carbonyl (C=O) groups is 2. The number of carbonyl (C=O) groups excluding carboxylic acids is 1. The third-order valence-corrected chi connectivity index (χ3v) is 8.54. The average Bonchev–Trinajstić information content (AvgIpc) is 3.52. The molecule has 0 bridgehead atoms. The molecular formula is C34H50N3O5+. The van der Waals surface area contributed by atoms with Crippen LogP contribution in [0.2, 0.25) is 0 Å². The third kappa shape index (κ3) is 7.84. The van der Waals surface area contributed by atoms with Gasteiger partial charge in [-0.1, -0.05) is 58.2 Å². The van der Waals surface area contributed by atoms with E-state index < -0.39 is 11.9 Å². The van der Waals surface area contributed by atoms with Gasteiger partial charge in [-0.05, 0) is 48.6 Å². The molecule has 42 heavy (non-hydrogen) atoms. The van der Waals surface area contributed by atoms with Crippen LogP contribution in [0.15, 0.2) is 42.5 Å². The van der Waals surface area contributed by atoms with E-state index in [0.717, 1.165) is 54.4 Å². The predicted molar refractivity (Wildman–Crippen MR) is 166 cm³/mol. The molecule has 1 amide bonds. The maximum atomic E-state index is 14.1. The molecule has 0 saturated carbocycles. The maximum Gasteiger partial charge on any atom is 0.308 e. The standard InChI is InChI=1S/C34H49N3O5/c1-7-9-16-36(27-13-10-12-25(18-27)22-37(4,5)6)32(38)21-35-20-28(26-14-15-30-31(19-26)42-23-41-30)33(34(39)40)29(35)17-24(3)11-8-2/h10,12-15,18-19,24,28-29,33H,7-9,11,16-17,20-23H2,1-6H3/p+1/t24?,28-,29+,33?/m1/s1. The smallest absolute Gasteiger partial charge is 0.308 e. The molecule has 1 N–H and O–H groups in total. The van der Waals surface area contributed by atoms with Crippen LogP contribution in [-0.2, 0) is 16.1 Å². The van der Waals surface area contributed by atoms with Crippen LogP contribution in [0.1, 0.15) is 69.9 Å². The average molecular weight is 581 g/mol. The molecule has 0 spiro atoms. The van der Waals surface area contributed by atoms with Gasteiger partial charge in [0.2, 0.25) is 12.7 Å². The molecule has 8 heteroatoms. The lowest BCUT2D eigenvalue weighted by Gasteiger charge is -2.31. The summed E-state index contributed by atoms with van der Waals surface area (Å²) in [6.07, 6.45) is 4.70. The fourth-order valence-electron chi connectivity index (χ4n) is 6.63. The number of likely N-dealkylation sites (tertiary alicyclic amines) is 1. The van der Waals surface area contributed by atoms with E-state index in [4.69, 9.17) is 9.47 Å². The van der Waals surface area contributed by atoms with Gasteiger partial charge in [-0.2, -0.15) is 0 Å². The van der Waals surface area contributed by atoms with Crippen LogP contribution >= 0.6 is 0 Å². The summed E-state index contributed by atoms with van der Waals surface area (Å²) in [7, 11) is 6.49. The second-order valence-corrected chi connectivity index (χ2v) is 13.2. The molecule has 4 atom stereocenters. The van der Waals surface area contributed by atoms with Gasteiger partial charge in [-0.15, -0.1) is 0 Å². The minimum atomic E-state index is -0.808. The lowest BCUT2D eigenvalue weighted by Crippen LogP contribution is -2.45. The Hall–Kier alpha value is -3.10. The summed E-state index contributed by atoms with van der Waals surface area (Å²) in [6, 6.07) is 13.8. The molecule has 2 aliphatic heterocycles. The minimum absolute atomic E-state index is 0.0227. The van der Waals surface area contributed by atoms with Crippen molar-refractivity contribution in [1.29, 1.82) is 0 Å². The Labute approximate surface area is 251 Å². The van der Waals surface area contributed by atoms with Crippen molar-refractivity contribution in [1.82, 2.24) is 4.90 Å². The number of benzene rings is 2. The van der Waals surface area contributed by atoms with Gasteiger partial charge in [-0.25, -0.2) is 0 Å². The highest BCUT2D eigenvalue weighted by Crippen LogP contribution is 2.43. The fourth-order valence-corrected chi connectivity index (χ4v) is 6.63. The highest BCUT2D eigenvalue weighted by molar-refractivity contribution is 5.95. The molecule has 0 aromatic heterocycles. The Bertz CT molecular complexity index is 1230. The van der Waals surface area contributed by atoms with E-state index in [-0.39, 0.29) is 31.2 Å². The lowest BCUT2D eigenvalue weighted by molar-refractivity contribution is -0.884. The number of quaternary nitrogens is 1. The van der Waals surface area contributed by atoms with Gasteiger partial charge >= 0.3 is 5.97 Å². The van der Waals surface area contributed by atoms with Crippen molar-refractivity contribution >= 4 is 17.6 Å². The highest BCUT2D eigenvalue weighted by Gasteiger charge is 2.47. The molecule has 1 fully saturated rings. The van der Waals surface area contributed by atoms with Crippen molar-refractivity contribution in [3.8, 4) is 11.5 Å². The molecule has 0 aliphatic carbocycles. The van der Waals surface area contributed by atoms with Crippen molar-refractivity contribution in [3.05, 3.63) is 53.6 Å². The number of amides is 1. The number of anilines is 1. The van der Waals surface area contributed by atoms with Crippen molar-refractivity contribution < 1.29 is 28.7 Å². The van der Waals surface area contributed by atoms with E-state index in [1.54, 1.807) is 0 Å². The first-order valence-electron chi connectivity index (χ1n) is 15.6. The summed E-state index contributed by atoms with van der Waals surface area (Å²) < 4.78 is 11.9. The van der Waals surface area contributed by atoms with Crippen molar-refractivity contribution in [2.24, 2.45) is 11.8 Å². The van der Waals surface area contributed by atoms with E-state index in [0.29, 0.717) is 30.5 Å². The van der Waals surface area contributed by atoms with Gasteiger partial charge in [0.05, 0.1) is 33.6 Å². The summed E-state index contributed by atoms with van der Waals surface area (Å²) in [4.78, 5) is 31.1. The molecule has 1 saturated heterocycles. The number of fused-ring (bicyclic) bond motifs is 1. The van der Waals surface area contributed by atoms with E-state index in [2.05, 4.69) is 58.9 Å². The Morgan fingerprint density at radius 1 is 1.07 bits per heavy atom. The van der Waals surface area contributed by atoms with Gasteiger partial charge in [0.25, 0.3) is 0 Å². The number of ether oxygens (including phenoxy) is 2. The Morgan fingerprint density at radius 2 is 1.83 bits per heavy atom. The zero-order valence-electron chi connectivity index (χ0n) is 26.3. The molecule has 2 aromatic carbocycles. The number of aliphatic carboxylic acids is 1. The number of hydrogen-bond donors (Lipinski definition) is 1. The van der Waals surface area contributed by atoms with E-state index in [1.165, 1.54) is 5.56 Å². The number of unbranched alkanes of at least 4 members (excludes halogenated alkanes) is 1. The lowest BCUT2D eigenvalue weighted by atomic mass is 9.81. The Balaban J connectivity index is 1.63. The van der Waals surface area contributed by atoms with Crippen LogP contribution in [0.4, 0.5) is 5.69 Å². The summed E-state index contributed by atoms with van der Waals surface area (Å²) in [6.45, 7) is 8.87. The fraction of sp³-hybridized carbons (Fsp3) is 0.588. The molecule has 2 unspecified atom stereocenters. The van der Waals surface area contributed by atoms with Crippen LogP contribution in [0.25, 0.3) is 0 Å². The second kappa shape index (κ2) is 13.9. The summed E-state index contributed by atoms with van der Waals surface area (Å²) in [5.41, 5.74) is 3.03. The largest absolute Gasteiger partial charge is 0.481 e. The SMILES string of the molecule is CCCCN(C(=O)CN1C[C@H](c2ccc3c(c2)OCO3)C(C(=O)O)[C@@H]1CC(C)CCC)c1cccc(C[N+](C)(C)C)c1. The number of carboxylic acids is 1. The molecule has 4 rings (SSSR count). The Morgan fingerprint density at radius 3 is 2.52 bits per heavy atom. The van der Waals surface area contributed by atoms with Crippen LogP contribution in [-0.4, -0.2) is 80.0 Å². The monoisotopic (exact) mass is 580 g/mol. The van der Waals surface area contributed by atoms with E-state index >= 15 is 0 Å². The highest BCUT2D eigenvalue weighted by atomic mass is 16.7. The van der Waals surface area contributed by atoms with Crippen LogP contribution < -0.4 is 14.4 Å². The minimum Gasteiger partial charge on any atom is -0.481 e. The molecule has 0 radical (unpaired) electrons. The molecule has 2 aliphatic rings. The van der Waals surface area contributed by atoms with Gasteiger partial charge in [0.15, 0.2) is 11.5 Å². The third-order valence-electron chi connectivity index (χ3n) is 8.54. The van der Waals surface area contributed by atoms with E-state index in [1.807, 2.05) is 35.2 Å². The van der Waals surface area contributed by atoms with Gasteiger partial charge in [-0.3, -0.25) is 14.5 Å². The normalized spacial score (nSPS) is 21.0. The molecule has 8 nitrogen and oxygen atoms in total. The Kier molecular flexibility index (Phi) is 10.5. The number of nitrogens with zero attached hydrogens (tertiary/aromatic N) is 3.